The molecule has 24 heavy (non-hydrogen) atoms. The molecule has 0 spiro atoms. The van der Waals surface area contributed by atoms with Crippen LogP contribution in [0.4, 0.5) is 4.79 Å². The second-order valence-corrected chi connectivity index (χ2v) is 6.53. The van der Waals surface area contributed by atoms with Crippen molar-refractivity contribution in [1.82, 2.24) is 10.2 Å². The molecule has 0 aromatic heterocycles. The van der Waals surface area contributed by atoms with Crippen LogP contribution in [0.3, 0.4) is 0 Å². The number of nitrogens with two attached hydrogens (primary N) is 1. The molecule has 1 rings (SSSR count). The van der Waals surface area contributed by atoms with E-state index >= 15 is 0 Å². The quantitative estimate of drug-likeness (QED) is 0.534. The SMILES string of the molecule is CCCCCCCC(=O)N1CCC[C@H]1OC(=O)NCCCCCN. The molecule has 1 fully saturated rings. The summed E-state index contributed by atoms with van der Waals surface area (Å²) in [7, 11) is 0. The molecule has 6 nitrogen and oxygen atoms in total. The first-order chi connectivity index (χ1) is 11.7. The highest BCUT2D eigenvalue weighted by molar-refractivity contribution is 5.77. The van der Waals surface area contributed by atoms with Gasteiger partial charge in [0.15, 0.2) is 6.23 Å². The second kappa shape index (κ2) is 13.0. The largest absolute Gasteiger partial charge is 0.425 e. The van der Waals surface area contributed by atoms with E-state index in [1.54, 1.807) is 4.90 Å². The first-order valence-electron chi connectivity index (χ1n) is 9.63. The third kappa shape index (κ3) is 8.52. The molecule has 0 unspecified atom stereocenters. The summed E-state index contributed by atoms with van der Waals surface area (Å²) < 4.78 is 5.43. The van der Waals surface area contributed by atoms with Crippen LogP contribution in [0.2, 0.25) is 0 Å². The Bertz CT molecular complexity index is 363. The first kappa shape index (κ1) is 20.7. The minimum atomic E-state index is -0.421. The zero-order valence-electron chi connectivity index (χ0n) is 15.2. The van der Waals surface area contributed by atoms with E-state index in [-0.39, 0.29) is 5.91 Å². The van der Waals surface area contributed by atoms with Crippen LogP contribution in [-0.2, 0) is 9.53 Å². The number of unbranched alkanes of at least 4 members (excludes halogenated alkanes) is 6. The van der Waals surface area contributed by atoms with E-state index in [0.717, 1.165) is 44.9 Å². The fourth-order valence-corrected chi connectivity index (χ4v) is 2.97. The minimum Gasteiger partial charge on any atom is -0.425 e. The lowest BCUT2D eigenvalue weighted by Crippen LogP contribution is -2.40. The molecule has 1 atom stereocenters. The lowest BCUT2D eigenvalue weighted by Gasteiger charge is -2.24. The van der Waals surface area contributed by atoms with Crippen LogP contribution in [0.5, 0.6) is 0 Å². The van der Waals surface area contributed by atoms with Crippen molar-refractivity contribution in [1.29, 1.82) is 0 Å². The molecule has 0 bridgehead atoms. The smallest absolute Gasteiger partial charge is 0.409 e. The van der Waals surface area contributed by atoms with E-state index in [2.05, 4.69) is 12.2 Å². The van der Waals surface area contributed by atoms with Crippen molar-refractivity contribution >= 4 is 12.0 Å². The molecular formula is C18H35N3O3. The Hall–Kier alpha value is -1.30. The van der Waals surface area contributed by atoms with Crippen molar-refractivity contribution in [2.45, 2.75) is 83.8 Å². The maximum Gasteiger partial charge on any atom is 0.409 e. The molecule has 0 aromatic carbocycles. The number of rotatable bonds is 12. The van der Waals surface area contributed by atoms with Crippen molar-refractivity contribution in [3.63, 3.8) is 0 Å². The van der Waals surface area contributed by atoms with E-state index in [1.807, 2.05) is 0 Å². The molecule has 2 amide bonds. The summed E-state index contributed by atoms with van der Waals surface area (Å²) in [5.41, 5.74) is 5.43. The summed E-state index contributed by atoms with van der Waals surface area (Å²) in [5.74, 6) is 0.116. The maximum atomic E-state index is 12.3. The van der Waals surface area contributed by atoms with Crippen molar-refractivity contribution in [3.05, 3.63) is 0 Å². The van der Waals surface area contributed by atoms with Gasteiger partial charge in [-0.1, -0.05) is 39.0 Å². The third-order valence-corrected chi connectivity index (χ3v) is 4.41. The van der Waals surface area contributed by atoms with Crippen LogP contribution in [0, 0.1) is 0 Å². The van der Waals surface area contributed by atoms with Crippen LogP contribution in [0.1, 0.15) is 77.6 Å². The molecular weight excluding hydrogens is 306 g/mol. The van der Waals surface area contributed by atoms with E-state index in [0.29, 0.717) is 26.1 Å². The van der Waals surface area contributed by atoms with Crippen molar-refractivity contribution in [2.24, 2.45) is 5.73 Å². The topological polar surface area (TPSA) is 84.7 Å². The van der Waals surface area contributed by atoms with Crippen LogP contribution < -0.4 is 11.1 Å². The summed E-state index contributed by atoms with van der Waals surface area (Å²) in [6.45, 7) is 4.15. The van der Waals surface area contributed by atoms with Gasteiger partial charge in [-0.2, -0.15) is 0 Å². The molecule has 1 heterocycles. The zero-order chi connectivity index (χ0) is 17.6. The molecule has 0 aromatic rings. The van der Waals surface area contributed by atoms with Crippen LogP contribution in [-0.4, -0.2) is 42.8 Å². The summed E-state index contributed by atoms with van der Waals surface area (Å²) in [4.78, 5) is 25.9. The normalized spacial score (nSPS) is 17.1. The Morgan fingerprint density at radius 3 is 2.62 bits per heavy atom. The standard InChI is InChI=1S/C18H35N3O3/c1-2-3-4-5-7-11-16(22)21-15-10-12-17(21)24-18(23)20-14-9-6-8-13-19/h17H,2-15,19H2,1H3,(H,20,23)/t17-/m1/s1. The van der Waals surface area contributed by atoms with Gasteiger partial charge in [0.25, 0.3) is 0 Å². The monoisotopic (exact) mass is 341 g/mol. The first-order valence-corrected chi connectivity index (χ1v) is 9.63. The minimum absolute atomic E-state index is 0.116. The van der Waals surface area contributed by atoms with Crippen LogP contribution >= 0.6 is 0 Å². The Morgan fingerprint density at radius 2 is 1.88 bits per heavy atom. The summed E-state index contributed by atoms with van der Waals surface area (Å²) in [5, 5.41) is 2.75. The lowest BCUT2D eigenvalue weighted by atomic mass is 10.1. The average Bonchev–Trinajstić information content (AvgIpc) is 3.02. The Balaban J connectivity index is 2.21. The molecule has 0 radical (unpaired) electrons. The maximum absolute atomic E-state index is 12.3. The highest BCUT2D eigenvalue weighted by atomic mass is 16.6. The van der Waals surface area contributed by atoms with Gasteiger partial charge in [0.1, 0.15) is 0 Å². The predicted octanol–water partition coefficient (Wildman–Crippen LogP) is 3.15. The highest BCUT2D eigenvalue weighted by Gasteiger charge is 2.31. The Morgan fingerprint density at radius 1 is 1.12 bits per heavy atom. The number of alkyl carbamates (subject to hydrolysis) is 1. The number of hydrogen-bond acceptors (Lipinski definition) is 4. The molecule has 3 N–H and O–H groups in total. The number of nitrogens with zero attached hydrogens (tertiary/aromatic N) is 1. The van der Waals surface area contributed by atoms with E-state index < -0.39 is 12.3 Å². The van der Waals surface area contributed by atoms with Gasteiger partial charge in [0.05, 0.1) is 0 Å². The zero-order valence-corrected chi connectivity index (χ0v) is 15.2. The highest BCUT2D eigenvalue weighted by Crippen LogP contribution is 2.20. The second-order valence-electron chi connectivity index (χ2n) is 6.53. The van der Waals surface area contributed by atoms with Gasteiger partial charge in [0, 0.05) is 25.9 Å². The predicted molar refractivity (Wildman–Crippen MR) is 95.5 cm³/mol. The van der Waals surface area contributed by atoms with Crippen molar-refractivity contribution < 1.29 is 14.3 Å². The number of hydrogen-bond donors (Lipinski definition) is 2. The van der Waals surface area contributed by atoms with Crippen LogP contribution in [0.15, 0.2) is 0 Å². The van der Waals surface area contributed by atoms with Gasteiger partial charge in [-0.3, -0.25) is 4.79 Å². The number of likely N-dealkylation sites (tertiary alicyclic amines) is 1. The van der Waals surface area contributed by atoms with Gasteiger partial charge < -0.3 is 20.7 Å². The summed E-state index contributed by atoms with van der Waals surface area (Å²) in [6, 6.07) is 0. The van der Waals surface area contributed by atoms with E-state index in [4.69, 9.17) is 10.5 Å². The Labute approximate surface area is 146 Å². The molecule has 0 aliphatic carbocycles. The Kier molecular flexibility index (Phi) is 11.3. The molecule has 1 aliphatic rings. The van der Waals surface area contributed by atoms with E-state index in [9.17, 15) is 9.59 Å². The number of carbonyl (C=O) groups excluding carboxylic acids is 2. The van der Waals surface area contributed by atoms with Gasteiger partial charge >= 0.3 is 6.09 Å². The van der Waals surface area contributed by atoms with Gasteiger partial charge in [-0.25, -0.2) is 4.79 Å². The van der Waals surface area contributed by atoms with Crippen molar-refractivity contribution in [2.75, 3.05) is 19.6 Å². The van der Waals surface area contributed by atoms with Gasteiger partial charge in [-0.05, 0) is 32.2 Å². The van der Waals surface area contributed by atoms with Crippen LogP contribution in [0.25, 0.3) is 0 Å². The molecule has 0 saturated carbocycles. The average molecular weight is 341 g/mol. The molecule has 140 valence electrons. The number of ether oxygens (including phenoxy) is 1. The van der Waals surface area contributed by atoms with Gasteiger partial charge in [-0.15, -0.1) is 0 Å². The summed E-state index contributed by atoms with van der Waals surface area (Å²) >= 11 is 0. The van der Waals surface area contributed by atoms with Gasteiger partial charge in [0.2, 0.25) is 5.91 Å². The summed E-state index contributed by atoms with van der Waals surface area (Å²) in [6.07, 6.45) is 9.91. The number of carbonyl (C=O) groups is 2. The lowest BCUT2D eigenvalue weighted by molar-refractivity contribution is -0.138. The number of amides is 2. The van der Waals surface area contributed by atoms with E-state index in [1.165, 1.54) is 19.3 Å². The third-order valence-electron chi connectivity index (χ3n) is 4.41. The fraction of sp³-hybridized carbons (Fsp3) is 0.889. The van der Waals surface area contributed by atoms with Crippen molar-refractivity contribution in [3.8, 4) is 0 Å². The molecule has 1 aliphatic heterocycles. The fourth-order valence-electron chi connectivity index (χ4n) is 2.97. The molecule has 1 saturated heterocycles. The number of nitrogens with one attached hydrogen (secondary N) is 1. The molecule has 6 heteroatoms.